The fraction of sp³-hybridized carbons (Fsp3) is 0.333. The van der Waals surface area contributed by atoms with Crippen molar-refractivity contribution < 1.29 is 13.5 Å². The van der Waals surface area contributed by atoms with Gasteiger partial charge in [0, 0.05) is 0 Å². The van der Waals surface area contributed by atoms with Crippen molar-refractivity contribution in [2.75, 3.05) is 12.8 Å². The number of pyridine rings is 1. The van der Waals surface area contributed by atoms with Crippen molar-refractivity contribution in [3.63, 3.8) is 0 Å². The van der Waals surface area contributed by atoms with Crippen LogP contribution in [-0.4, -0.2) is 12.1 Å². The molecular formula is C9H9F2N3O. The summed E-state index contributed by atoms with van der Waals surface area (Å²) in [5, 5.41) is 8.47. The average Bonchev–Trinajstić information content (AvgIpc) is 2.18. The van der Waals surface area contributed by atoms with E-state index < -0.39 is 6.43 Å². The number of anilines is 1. The van der Waals surface area contributed by atoms with Crippen LogP contribution in [0.15, 0.2) is 6.07 Å². The third kappa shape index (κ3) is 2.31. The van der Waals surface area contributed by atoms with Crippen LogP contribution in [0.1, 0.15) is 17.7 Å². The van der Waals surface area contributed by atoms with E-state index in [1.165, 1.54) is 7.11 Å². The van der Waals surface area contributed by atoms with Gasteiger partial charge in [-0.25, -0.2) is 13.8 Å². The van der Waals surface area contributed by atoms with Crippen LogP contribution in [0, 0.1) is 11.3 Å². The van der Waals surface area contributed by atoms with Crippen LogP contribution in [0.3, 0.4) is 0 Å². The van der Waals surface area contributed by atoms with Gasteiger partial charge in [-0.15, -0.1) is 0 Å². The van der Waals surface area contributed by atoms with Crippen LogP contribution in [0.2, 0.25) is 0 Å². The fourth-order valence-corrected chi connectivity index (χ4v) is 1.12. The van der Waals surface area contributed by atoms with Gasteiger partial charge in [0.1, 0.15) is 11.6 Å². The van der Waals surface area contributed by atoms with E-state index in [-0.39, 0.29) is 29.2 Å². The smallest absolute Gasteiger partial charge is 0.267 e. The van der Waals surface area contributed by atoms with Gasteiger partial charge in [-0.3, -0.25) is 0 Å². The highest BCUT2D eigenvalue weighted by Crippen LogP contribution is 2.29. The van der Waals surface area contributed by atoms with Gasteiger partial charge in [-0.2, -0.15) is 5.26 Å². The summed E-state index contributed by atoms with van der Waals surface area (Å²) in [7, 11) is 1.32. The molecule has 0 aromatic carbocycles. The number of nitrogens with two attached hydrogens (primary N) is 1. The highest BCUT2D eigenvalue weighted by atomic mass is 19.3. The quantitative estimate of drug-likeness (QED) is 0.828. The third-order valence-corrected chi connectivity index (χ3v) is 1.82. The van der Waals surface area contributed by atoms with Crippen LogP contribution in [0.25, 0.3) is 0 Å². The van der Waals surface area contributed by atoms with E-state index in [9.17, 15) is 8.78 Å². The maximum absolute atomic E-state index is 12.4. The number of nitrogens with zero attached hydrogens (tertiary/aromatic N) is 2. The van der Waals surface area contributed by atoms with E-state index >= 15 is 0 Å². The van der Waals surface area contributed by atoms with Crippen LogP contribution < -0.4 is 10.5 Å². The third-order valence-electron chi connectivity index (χ3n) is 1.82. The number of ether oxygens (including phenoxy) is 1. The number of rotatable bonds is 3. The Balaban J connectivity index is 3.24. The van der Waals surface area contributed by atoms with Gasteiger partial charge in [-0.1, -0.05) is 0 Å². The lowest BCUT2D eigenvalue weighted by molar-refractivity contribution is 0.151. The van der Waals surface area contributed by atoms with Crippen molar-refractivity contribution in [2.24, 2.45) is 0 Å². The summed E-state index contributed by atoms with van der Waals surface area (Å²) in [6.45, 7) is 0. The van der Waals surface area contributed by atoms with Crippen LogP contribution >= 0.6 is 0 Å². The number of hydrogen-bond donors (Lipinski definition) is 1. The predicted molar refractivity (Wildman–Crippen MR) is 49.5 cm³/mol. The zero-order valence-corrected chi connectivity index (χ0v) is 8.00. The first kappa shape index (κ1) is 11.2. The first-order chi connectivity index (χ1) is 7.10. The van der Waals surface area contributed by atoms with Crippen molar-refractivity contribution in [1.82, 2.24) is 4.98 Å². The Morgan fingerprint density at radius 3 is 2.80 bits per heavy atom. The van der Waals surface area contributed by atoms with Crippen molar-refractivity contribution in [2.45, 2.75) is 12.8 Å². The van der Waals surface area contributed by atoms with Gasteiger partial charge >= 0.3 is 0 Å². The zero-order valence-electron chi connectivity index (χ0n) is 8.00. The summed E-state index contributed by atoms with van der Waals surface area (Å²) in [4.78, 5) is 3.71. The number of aromatic nitrogens is 1. The van der Waals surface area contributed by atoms with E-state index in [0.717, 1.165) is 6.07 Å². The summed E-state index contributed by atoms with van der Waals surface area (Å²) in [5.74, 6) is -0.114. The monoisotopic (exact) mass is 213 g/mol. The largest absolute Gasteiger partial charge is 0.495 e. The standard InChI is InChI=1S/C9H9F2N3O/c1-15-7-4-5(8(10)11)9(13)14-6(7)2-3-12/h4,8H,2H2,1H3,(H2,13,14). The molecule has 2 N–H and O–H groups in total. The number of halogens is 2. The topological polar surface area (TPSA) is 71.9 Å². The lowest BCUT2D eigenvalue weighted by atomic mass is 10.2. The number of nitriles is 1. The maximum atomic E-state index is 12.4. The van der Waals surface area contributed by atoms with E-state index in [0.29, 0.717) is 0 Å². The summed E-state index contributed by atoms with van der Waals surface area (Å²) in [5.41, 5.74) is 5.20. The second-order valence-electron chi connectivity index (χ2n) is 2.75. The molecule has 0 radical (unpaired) electrons. The molecule has 1 heterocycles. The van der Waals surface area contributed by atoms with E-state index in [4.69, 9.17) is 15.7 Å². The number of nitrogen functional groups attached to an aromatic ring is 1. The minimum absolute atomic E-state index is 0.0309. The molecule has 4 nitrogen and oxygen atoms in total. The Labute approximate surface area is 85.3 Å². The molecule has 0 aliphatic rings. The molecule has 0 spiro atoms. The Morgan fingerprint density at radius 1 is 1.67 bits per heavy atom. The molecule has 0 atom stereocenters. The molecule has 80 valence electrons. The van der Waals surface area contributed by atoms with Crippen LogP contribution in [-0.2, 0) is 6.42 Å². The Morgan fingerprint density at radius 2 is 2.33 bits per heavy atom. The molecule has 0 amide bonds. The molecule has 0 saturated carbocycles. The van der Waals surface area contributed by atoms with Gasteiger partial charge in [0.05, 0.1) is 30.9 Å². The Kier molecular flexibility index (Phi) is 3.39. The lowest BCUT2D eigenvalue weighted by Crippen LogP contribution is -2.04. The van der Waals surface area contributed by atoms with Crippen molar-refractivity contribution in [1.29, 1.82) is 5.26 Å². The van der Waals surface area contributed by atoms with E-state index in [1.54, 1.807) is 0 Å². The molecule has 15 heavy (non-hydrogen) atoms. The second-order valence-corrected chi connectivity index (χ2v) is 2.75. The molecule has 1 aromatic heterocycles. The van der Waals surface area contributed by atoms with Gasteiger partial charge in [0.15, 0.2) is 0 Å². The van der Waals surface area contributed by atoms with Crippen molar-refractivity contribution in [3.05, 3.63) is 17.3 Å². The average molecular weight is 213 g/mol. The molecule has 0 unspecified atom stereocenters. The molecule has 0 bridgehead atoms. The van der Waals surface area contributed by atoms with E-state index in [2.05, 4.69) is 4.98 Å². The molecule has 1 aromatic rings. The lowest BCUT2D eigenvalue weighted by Gasteiger charge is -2.09. The molecular weight excluding hydrogens is 204 g/mol. The minimum Gasteiger partial charge on any atom is -0.495 e. The number of methoxy groups -OCH3 is 1. The predicted octanol–water partition coefficient (Wildman–Crippen LogP) is 1.68. The van der Waals surface area contributed by atoms with Crippen molar-refractivity contribution >= 4 is 5.82 Å². The normalized spacial score (nSPS) is 10.1. The van der Waals surface area contributed by atoms with Crippen LogP contribution in [0.5, 0.6) is 5.75 Å². The number of alkyl halides is 2. The number of hydrogen-bond acceptors (Lipinski definition) is 4. The maximum Gasteiger partial charge on any atom is 0.267 e. The summed E-state index contributed by atoms with van der Waals surface area (Å²) in [6.07, 6.45) is -2.74. The first-order valence-electron chi connectivity index (χ1n) is 4.08. The fourth-order valence-electron chi connectivity index (χ4n) is 1.12. The summed E-state index contributed by atoms with van der Waals surface area (Å²) < 4.78 is 29.7. The molecule has 0 fully saturated rings. The van der Waals surface area contributed by atoms with Crippen molar-refractivity contribution in [3.8, 4) is 11.8 Å². The van der Waals surface area contributed by atoms with Gasteiger partial charge in [0.25, 0.3) is 6.43 Å². The zero-order chi connectivity index (χ0) is 11.4. The molecule has 6 heteroatoms. The minimum atomic E-state index is -2.71. The molecule has 0 aliphatic carbocycles. The van der Waals surface area contributed by atoms with Gasteiger partial charge in [0.2, 0.25) is 0 Å². The van der Waals surface area contributed by atoms with E-state index in [1.807, 2.05) is 6.07 Å². The Bertz CT molecular complexity index is 401. The van der Waals surface area contributed by atoms with Crippen LogP contribution in [0.4, 0.5) is 14.6 Å². The Hall–Kier alpha value is -1.90. The highest BCUT2D eigenvalue weighted by Gasteiger charge is 2.16. The molecule has 0 saturated heterocycles. The molecule has 0 aliphatic heterocycles. The molecule has 1 rings (SSSR count). The first-order valence-corrected chi connectivity index (χ1v) is 4.08. The SMILES string of the molecule is COc1cc(C(F)F)c(N)nc1CC#N. The van der Waals surface area contributed by atoms with Gasteiger partial charge in [-0.05, 0) is 6.07 Å². The highest BCUT2D eigenvalue weighted by molar-refractivity contribution is 5.47. The van der Waals surface area contributed by atoms with Gasteiger partial charge < -0.3 is 10.5 Å². The summed E-state index contributed by atoms with van der Waals surface area (Å²) in [6, 6.07) is 2.96. The summed E-state index contributed by atoms with van der Waals surface area (Å²) >= 11 is 0. The second kappa shape index (κ2) is 4.55.